The fourth-order valence-corrected chi connectivity index (χ4v) is 0.973. The van der Waals surface area contributed by atoms with Crippen molar-refractivity contribution in [3.8, 4) is 5.75 Å². The van der Waals surface area contributed by atoms with E-state index in [0.29, 0.717) is 5.75 Å². The van der Waals surface area contributed by atoms with Crippen LogP contribution in [-0.4, -0.2) is 11.8 Å². The summed E-state index contributed by atoms with van der Waals surface area (Å²) >= 11 is 0. The summed E-state index contributed by atoms with van der Waals surface area (Å²) in [6.07, 6.45) is -0.675. The SMILES string of the molecule is Cc1ccc(OC(=O)OC(C)(C)C)cc1. The van der Waals surface area contributed by atoms with Crippen LogP contribution in [0.4, 0.5) is 4.79 Å². The molecule has 0 N–H and O–H groups in total. The molecule has 0 bridgehead atoms. The van der Waals surface area contributed by atoms with Gasteiger partial charge in [0.15, 0.2) is 0 Å². The molecule has 0 aliphatic carbocycles. The number of benzene rings is 1. The largest absolute Gasteiger partial charge is 0.514 e. The predicted molar refractivity (Wildman–Crippen MR) is 58.0 cm³/mol. The third-order valence-electron chi connectivity index (χ3n) is 1.61. The summed E-state index contributed by atoms with van der Waals surface area (Å²) in [5, 5.41) is 0. The molecular formula is C12H16O3. The summed E-state index contributed by atoms with van der Waals surface area (Å²) in [7, 11) is 0. The van der Waals surface area contributed by atoms with E-state index in [9.17, 15) is 4.79 Å². The normalized spacial score (nSPS) is 10.9. The van der Waals surface area contributed by atoms with E-state index in [1.807, 2.05) is 19.1 Å². The molecule has 0 saturated carbocycles. The van der Waals surface area contributed by atoms with Gasteiger partial charge >= 0.3 is 6.16 Å². The molecule has 15 heavy (non-hydrogen) atoms. The van der Waals surface area contributed by atoms with Crippen LogP contribution in [0.3, 0.4) is 0 Å². The van der Waals surface area contributed by atoms with Crippen LogP contribution in [-0.2, 0) is 4.74 Å². The molecule has 3 nitrogen and oxygen atoms in total. The molecule has 0 heterocycles. The first-order valence-corrected chi connectivity index (χ1v) is 4.84. The zero-order valence-electron chi connectivity index (χ0n) is 9.53. The summed E-state index contributed by atoms with van der Waals surface area (Å²) < 4.78 is 9.99. The van der Waals surface area contributed by atoms with E-state index in [0.717, 1.165) is 5.56 Å². The van der Waals surface area contributed by atoms with E-state index >= 15 is 0 Å². The minimum Gasteiger partial charge on any atom is -0.428 e. The Hall–Kier alpha value is -1.51. The summed E-state index contributed by atoms with van der Waals surface area (Å²) in [5.41, 5.74) is 0.591. The van der Waals surface area contributed by atoms with E-state index in [1.54, 1.807) is 32.9 Å². The van der Waals surface area contributed by atoms with E-state index in [-0.39, 0.29) is 0 Å². The van der Waals surface area contributed by atoms with Gasteiger partial charge in [0.05, 0.1) is 0 Å². The molecule has 0 fully saturated rings. The second-order valence-corrected chi connectivity index (χ2v) is 4.38. The van der Waals surface area contributed by atoms with Crippen molar-refractivity contribution in [1.82, 2.24) is 0 Å². The molecular weight excluding hydrogens is 192 g/mol. The van der Waals surface area contributed by atoms with Gasteiger partial charge in [0, 0.05) is 0 Å². The van der Waals surface area contributed by atoms with Crippen LogP contribution in [0, 0.1) is 6.92 Å². The summed E-state index contributed by atoms with van der Waals surface area (Å²) in [6.45, 7) is 7.35. The lowest BCUT2D eigenvalue weighted by Gasteiger charge is -2.18. The third-order valence-corrected chi connectivity index (χ3v) is 1.61. The molecule has 1 rings (SSSR count). The predicted octanol–water partition coefficient (Wildman–Crippen LogP) is 3.31. The molecule has 1 aromatic rings. The van der Waals surface area contributed by atoms with Crippen molar-refractivity contribution in [2.24, 2.45) is 0 Å². The van der Waals surface area contributed by atoms with Crippen LogP contribution in [0.15, 0.2) is 24.3 Å². The van der Waals surface area contributed by atoms with Gasteiger partial charge in [0.2, 0.25) is 0 Å². The van der Waals surface area contributed by atoms with Crippen molar-refractivity contribution in [2.45, 2.75) is 33.3 Å². The van der Waals surface area contributed by atoms with E-state index in [4.69, 9.17) is 9.47 Å². The van der Waals surface area contributed by atoms with E-state index in [2.05, 4.69) is 0 Å². The molecule has 0 atom stereocenters. The van der Waals surface area contributed by atoms with Crippen molar-refractivity contribution < 1.29 is 14.3 Å². The summed E-state index contributed by atoms with van der Waals surface area (Å²) in [6, 6.07) is 7.22. The first-order valence-electron chi connectivity index (χ1n) is 4.84. The molecule has 1 aromatic carbocycles. The van der Waals surface area contributed by atoms with Crippen LogP contribution in [0.5, 0.6) is 5.75 Å². The lowest BCUT2D eigenvalue weighted by Crippen LogP contribution is -2.25. The van der Waals surface area contributed by atoms with Gasteiger partial charge in [-0.3, -0.25) is 0 Å². The monoisotopic (exact) mass is 208 g/mol. The zero-order chi connectivity index (χ0) is 11.5. The van der Waals surface area contributed by atoms with Gasteiger partial charge in [-0.2, -0.15) is 0 Å². The van der Waals surface area contributed by atoms with Crippen LogP contribution in [0.1, 0.15) is 26.3 Å². The quantitative estimate of drug-likeness (QED) is 0.524. The molecule has 0 unspecified atom stereocenters. The van der Waals surface area contributed by atoms with Gasteiger partial charge in [-0.1, -0.05) is 17.7 Å². The molecule has 0 aliphatic heterocycles. The number of hydrogen-bond donors (Lipinski definition) is 0. The first kappa shape index (κ1) is 11.6. The Morgan fingerprint density at radius 3 is 2.13 bits per heavy atom. The maximum Gasteiger partial charge on any atom is 0.514 e. The Kier molecular flexibility index (Phi) is 3.35. The number of ether oxygens (including phenoxy) is 2. The third kappa shape index (κ3) is 4.49. The molecule has 0 saturated heterocycles. The minimum atomic E-state index is -0.675. The standard InChI is InChI=1S/C12H16O3/c1-9-5-7-10(8-6-9)14-11(13)15-12(2,3)4/h5-8H,1-4H3. The van der Waals surface area contributed by atoms with Crippen molar-refractivity contribution in [2.75, 3.05) is 0 Å². The highest BCUT2D eigenvalue weighted by molar-refractivity contribution is 5.64. The van der Waals surface area contributed by atoms with Crippen LogP contribution >= 0.6 is 0 Å². The van der Waals surface area contributed by atoms with Crippen molar-refractivity contribution >= 4 is 6.16 Å². The number of carbonyl (C=O) groups is 1. The lowest BCUT2D eigenvalue weighted by molar-refractivity contribution is 0.0206. The average Bonchev–Trinajstić information content (AvgIpc) is 2.05. The van der Waals surface area contributed by atoms with Gasteiger partial charge in [-0.05, 0) is 39.8 Å². The summed E-state index contributed by atoms with van der Waals surface area (Å²) in [5.74, 6) is 0.495. The number of rotatable bonds is 1. The molecule has 0 amide bonds. The minimum absolute atomic E-state index is 0.495. The molecule has 3 heteroatoms. The number of aryl methyl sites for hydroxylation is 1. The number of carbonyl (C=O) groups excluding carboxylic acids is 1. The smallest absolute Gasteiger partial charge is 0.428 e. The fourth-order valence-electron chi connectivity index (χ4n) is 0.973. The van der Waals surface area contributed by atoms with E-state index in [1.165, 1.54) is 0 Å². The summed E-state index contributed by atoms with van der Waals surface area (Å²) in [4.78, 5) is 11.3. The average molecular weight is 208 g/mol. The van der Waals surface area contributed by atoms with Crippen LogP contribution < -0.4 is 4.74 Å². The Balaban J connectivity index is 2.55. The first-order chi connectivity index (χ1) is 6.87. The second kappa shape index (κ2) is 4.34. The fraction of sp³-hybridized carbons (Fsp3) is 0.417. The van der Waals surface area contributed by atoms with Crippen molar-refractivity contribution in [1.29, 1.82) is 0 Å². The molecule has 0 spiro atoms. The highest BCUT2D eigenvalue weighted by atomic mass is 16.7. The van der Waals surface area contributed by atoms with Crippen molar-refractivity contribution in [3.05, 3.63) is 29.8 Å². The molecule has 0 aromatic heterocycles. The second-order valence-electron chi connectivity index (χ2n) is 4.38. The van der Waals surface area contributed by atoms with Gasteiger partial charge in [-0.25, -0.2) is 4.79 Å². The molecule has 0 aliphatic rings. The maximum absolute atomic E-state index is 11.3. The van der Waals surface area contributed by atoms with Crippen LogP contribution in [0.2, 0.25) is 0 Å². The molecule has 82 valence electrons. The Morgan fingerprint density at radius 1 is 1.13 bits per heavy atom. The number of hydrogen-bond acceptors (Lipinski definition) is 3. The van der Waals surface area contributed by atoms with E-state index < -0.39 is 11.8 Å². The van der Waals surface area contributed by atoms with Gasteiger partial charge < -0.3 is 9.47 Å². The zero-order valence-corrected chi connectivity index (χ0v) is 9.53. The topological polar surface area (TPSA) is 35.5 Å². The Morgan fingerprint density at radius 2 is 1.67 bits per heavy atom. The highest BCUT2D eigenvalue weighted by Crippen LogP contribution is 2.14. The lowest BCUT2D eigenvalue weighted by atomic mass is 10.2. The van der Waals surface area contributed by atoms with Gasteiger partial charge in [0.25, 0.3) is 0 Å². The maximum atomic E-state index is 11.3. The Labute approximate surface area is 90.0 Å². The molecule has 0 radical (unpaired) electrons. The Bertz CT molecular complexity index is 333. The van der Waals surface area contributed by atoms with Gasteiger partial charge in [0.1, 0.15) is 11.4 Å². The van der Waals surface area contributed by atoms with Gasteiger partial charge in [-0.15, -0.1) is 0 Å². The highest BCUT2D eigenvalue weighted by Gasteiger charge is 2.17. The van der Waals surface area contributed by atoms with Crippen molar-refractivity contribution in [3.63, 3.8) is 0 Å². The van der Waals surface area contributed by atoms with Crippen LogP contribution in [0.25, 0.3) is 0 Å².